The third kappa shape index (κ3) is 2.88. The number of hydrogen-bond donors (Lipinski definition) is 2. The fourth-order valence-corrected chi connectivity index (χ4v) is 1.31. The maximum Gasteiger partial charge on any atom is 0.375 e. The van der Waals surface area contributed by atoms with Gasteiger partial charge in [0.15, 0.2) is 0 Å². The van der Waals surface area contributed by atoms with Crippen molar-refractivity contribution in [3.8, 4) is 0 Å². The Morgan fingerprint density at radius 3 is 2.79 bits per heavy atom. The molecule has 0 aromatic rings. The summed E-state index contributed by atoms with van der Waals surface area (Å²) >= 11 is 0. The van der Waals surface area contributed by atoms with Crippen LogP contribution >= 0.6 is 0 Å². The molecule has 2 N–H and O–H groups in total. The molecule has 0 aromatic carbocycles. The molecule has 0 radical (unpaired) electrons. The Kier molecular flexibility index (Phi) is 3.38. The summed E-state index contributed by atoms with van der Waals surface area (Å²) in [5.74, 6) is -5.80. The van der Waals surface area contributed by atoms with E-state index in [9.17, 15) is 13.6 Å². The summed E-state index contributed by atoms with van der Waals surface area (Å²) in [6.45, 7) is 1.36. The molecule has 6 heteroatoms. The molecule has 2 unspecified atom stereocenters. The number of aliphatic carboxylic acids is 1. The van der Waals surface area contributed by atoms with Gasteiger partial charge in [-0.05, 0) is 13.3 Å². The van der Waals surface area contributed by atoms with Crippen LogP contribution < -0.4 is 5.32 Å². The Labute approximate surface area is 80.2 Å². The minimum absolute atomic E-state index is 0.0472. The summed E-state index contributed by atoms with van der Waals surface area (Å²) in [7, 11) is 0. The summed E-state index contributed by atoms with van der Waals surface area (Å²) in [6.07, 6.45) is 0.682. The SMILES string of the molecule is CC1CC(NCC(F)(F)C(=O)O)CO1. The molecule has 0 aliphatic carbocycles. The third-order valence-corrected chi connectivity index (χ3v) is 2.12. The Hall–Kier alpha value is -0.750. The quantitative estimate of drug-likeness (QED) is 0.706. The fraction of sp³-hybridized carbons (Fsp3) is 0.875. The van der Waals surface area contributed by atoms with Crippen LogP contribution in [0.3, 0.4) is 0 Å². The van der Waals surface area contributed by atoms with Crippen LogP contribution in [0.4, 0.5) is 8.78 Å². The first kappa shape index (κ1) is 11.3. The number of carboxylic acids is 1. The second-order valence-corrected chi connectivity index (χ2v) is 3.47. The van der Waals surface area contributed by atoms with E-state index >= 15 is 0 Å². The summed E-state index contributed by atoms with van der Waals surface area (Å²) in [5.41, 5.74) is 0. The molecule has 1 aliphatic rings. The molecule has 2 atom stereocenters. The van der Waals surface area contributed by atoms with E-state index in [1.165, 1.54) is 0 Å². The standard InChI is InChI=1S/C8H13F2NO3/c1-5-2-6(3-14-5)11-4-8(9,10)7(12)13/h5-6,11H,2-4H2,1H3,(H,12,13). The first-order chi connectivity index (χ1) is 6.42. The van der Waals surface area contributed by atoms with E-state index in [-0.39, 0.29) is 12.1 Å². The molecule has 1 saturated heterocycles. The summed E-state index contributed by atoms with van der Waals surface area (Å²) in [6, 6.07) is -0.171. The smallest absolute Gasteiger partial charge is 0.375 e. The first-order valence-corrected chi connectivity index (χ1v) is 4.38. The van der Waals surface area contributed by atoms with Crippen LogP contribution in [0.2, 0.25) is 0 Å². The van der Waals surface area contributed by atoms with Gasteiger partial charge >= 0.3 is 11.9 Å². The highest BCUT2D eigenvalue weighted by atomic mass is 19.3. The topological polar surface area (TPSA) is 58.6 Å². The van der Waals surface area contributed by atoms with Gasteiger partial charge in [-0.2, -0.15) is 8.78 Å². The summed E-state index contributed by atoms with van der Waals surface area (Å²) in [5, 5.41) is 10.6. The van der Waals surface area contributed by atoms with Gasteiger partial charge in [-0.25, -0.2) is 4.79 Å². The third-order valence-electron chi connectivity index (χ3n) is 2.12. The number of ether oxygens (including phenoxy) is 1. The Morgan fingerprint density at radius 1 is 1.71 bits per heavy atom. The largest absolute Gasteiger partial charge is 0.477 e. The molecule has 1 heterocycles. The zero-order valence-electron chi connectivity index (χ0n) is 7.80. The molecule has 0 spiro atoms. The van der Waals surface area contributed by atoms with Crippen molar-refractivity contribution in [1.29, 1.82) is 0 Å². The van der Waals surface area contributed by atoms with E-state index < -0.39 is 18.4 Å². The van der Waals surface area contributed by atoms with Crippen molar-refractivity contribution in [1.82, 2.24) is 5.32 Å². The van der Waals surface area contributed by atoms with E-state index in [0.29, 0.717) is 13.0 Å². The number of hydrogen-bond acceptors (Lipinski definition) is 3. The van der Waals surface area contributed by atoms with E-state index in [1.54, 1.807) is 0 Å². The van der Waals surface area contributed by atoms with E-state index in [1.807, 2.05) is 6.92 Å². The molecule has 14 heavy (non-hydrogen) atoms. The lowest BCUT2D eigenvalue weighted by Crippen LogP contribution is -2.44. The monoisotopic (exact) mass is 209 g/mol. The van der Waals surface area contributed by atoms with Gasteiger partial charge < -0.3 is 15.2 Å². The van der Waals surface area contributed by atoms with Gasteiger partial charge in [0.2, 0.25) is 0 Å². The zero-order valence-corrected chi connectivity index (χ0v) is 7.80. The average molecular weight is 209 g/mol. The van der Waals surface area contributed by atoms with Crippen LogP contribution in [0, 0.1) is 0 Å². The van der Waals surface area contributed by atoms with Crippen molar-refractivity contribution < 1.29 is 23.4 Å². The van der Waals surface area contributed by atoms with Gasteiger partial charge in [0.05, 0.1) is 19.3 Å². The highest BCUT2D eigenvalue weighted by Gasteiger charge is 2.39. The molecule has 0 saturated carbocycles. The van der Waals surface area contributed by atoms with Gasteiger partial charge in [-0.3, -0.25) is 0 Å². The van der Waals surface area contributed by atoms with Gasteiger partial charge in [0.25, 0.3) is 0 Å². The van der Waals surface area contributed by atoms with E-state index in [0.717, 1.165) is 0 Å². The van der Waals surface area contributed by atoms with Crippen LogP contribution in [-0.2, 0) is 9.53 Å². The van der Waals surface area contributed by atoms with Gasteiger partial charge in [0.1, 0.15) is 0 Å². The Bertz CT molecular complexity index is 223. The van der Waals surface area contributed by atoms with Crippen molar-refractivity contribution in [3.05, 3.63) is 0 Å². The molecule has 0 bridgehead atoms. The number of carboxylic acid groups (broad SMARTS) is 1. The molecular formula is C8H13F2NO3. The zero-order chi connectivity index (χ0) is 10.8. The van der Waals surface area contributed by atoms with Crippen LogP contribution in [0.25, 0.3) is 0 Å². The lowest BCUT2D eigenvalue weighted by molar-refractivity contribution is -0.164. The second kappa shape index (κ2) is 4.18. The average Bonchev–Trinajstić information content (AvgIpc) is 2.48. The normalized spacial score (nSPS) is 27.9. The van der Waals surface area contributed by atoms with Crippen molar-refractivity contribution in [2.75, 3.05) is 13.2 Å². The van der Waals surface area contributed by atoms with Crippen LogP contribution in [0.1, 0.15) is 13.3 Å². The number of alkyl halides is 2. The van der Waals surface area contributed by atoms with Crippen molar-refractivity contribution >= 4 is 5.97 Å². The minimum Gasteiger partial charge on any atom is -0.477 e. The van der Waals surface area contributed by atoms with Crippen LogP contribution in [0.5, 0.6) is 0 Å². The van der Waals surface area contributed by atoms with Crippen LogP contribution in [-0.4, -0.2) is 42.3 Å². The lowest BCUT2D eigenvalue weighted by atomic mass is 10.2. The fourth-order valence-electron chi connectivity index (χ4n) is 1.31. The van der Waals surface area contributed by atoms with Gasteiger partial charge in [0, 0.05) is 6.04 Å². The number of carbonyl (C=O) groups is 1. The molecule has 82 valence electrons. The molecule has 0 amide bonds. The molecular weight excluding hydrogens is 196 g/mol. The lowest BCUT2D eigenvalue weighted by Gasteiger charge is -2.15. The van der Waals surface area contributed by atoms with Crippen molar-refractivity contribution in [3.63, 3.8) is 0 Å². The van der Waals surface area contributed by atoms with Crippen molar-refractivity contribution in [2.24, 2.45) is 0 Å². The molecule has 4 nitrogen and oxygen atoms in total. The van der Waals surface area contributed by atoms with Crippen LogP contribution in [0.15, 0.2) is 0 Å². The predicted molar refractivity (Wildman–Crippen MR) is 44.4 cm³/mol. The predicted octanol–water partition coefficient (Wildman–Crippen LogP) is 0.473. The van der Waals surface area contributed by atoms with Gasteiger partial charge in [-0.15, -0.1) is 0 Å². The summed E-state index contributed by atoms with van der Waals surface area (Å²) in [4.78, 5) is 10.1. The highest BCUT2D eigenvalue weighted by molar-refractivity contribution is 5.75. The molecule has 1 fully saturated rings. The second-order valence-electron chi connectivity index (χ2n) is 3.47. The molecule has 1 aliphatic heterocycles. The molecule has 0 aromatic heterocycles. The van der Waals surface area contributed by atoms with Gasteiger partial charge in [-0.1, -0.05) is 0 Å². The minimum atomic E-state index is -3.70. The van der Waals surface area contributed by atoms with E-state index in [2.05, 4.69) is 5.32 Å². The maximum atomic E-state index is 12.6. The summed E-state index contributed by atoms with van der Waals surface area (Å²) < 4.78 is 30.3. The highest BCUT2D eigenvalue weighted by Crippen LogP contribution is 2.16. The number of rotatable bonds is 4. The van der Waals surface area contributed by atoms with E-state index in [4.69, 9.17) is 9.84 Å². The number of halogens is 2. The Balaban J connectivity index is 2.30. The molecule has 1 rings (SSSR count). The Morgan fingerprint density at radius 2 is 2.36 bits per heavy atom. The van der Waals surface area contributed by atoms with Crippen molar-refractivity contribution in [2.45, 2.75) is 31.4 Å². The number of nitrogens with one attached hydrogen (secondary N) is 1. The maximum absolute atomic E-state index is 12.6. The first-order valence-electron chi connectivity index (χ1n) is 4.38.